The molecule has 1 atom stereocenters. The van der Waals surface area contributed by atoms with E-state index in [9.17, 15) is 19.2 Å². The van der Waals surface area contributed by atoms with E-state index in [0.29, 0.717) is 30.8 Å². The fourth-order valence-electron chi connectivity index (χ4n) is 2.90. The monoisotopic (exact) mass is 441 g/mol. The Hall–Kier alpha value is -3.52. The summed E-state index contributed by atoms with van der Waals surface area (Å²) in [5.41, 5.74) is 4.50. The van der Waals surface area contributed by atoms with Crippen LogP contribution in [-0.4, -0.2) is 30.7 Å². The van der Waals surface area contributed by atoms with E-state index in [0.717, 1.165) is 17.4 Å². The Morgan fingerprint density at radius 2 is 1.66 bits per heavy atom. The van der Waals surface area contributed by atoms with Crippen molar-refractivity contribution < 1.29 is 33.5 Å². The standard InChI is InChI=1S/C24H27NO7/c1-3-30-24(29)21-9-4-18(5-10-21)14-20(15-26)8-13-23(28)25-31-16-19-6-11-22(12-7-19)32-17(2)27/h4-7,9-12,15,20H,3,8,13-14,16H2,1-2H3,(H,25,28). The maximum atomic E-state index is 12.0. The number of rotatable bonds is 12. The van der Waals surface area contributed by atoms with Crippen molar-refractivity contribution in [1.82, 2.24) is 5.48 Å². The summed E-state index contributed by atoms with van der Waals surface area (Å²) in [5, 5.41) is 0. The second-order valence-electron chi connectivity index (χ2n) is 7.11. The number of ether oxygens (including phenoxy) is 2. The van der Waals surface area contributed by atoms with Gasteiger partial charge in [0.05, 0.1) is 18.8 Å². The van der Waals surface area contributed by atoms with E-state index in [1.54, 1.807) is 55.5 Å². The van der Waals surface area contributed by atoms with Crippen molar-refractivity contribution in [1.29, 1.82) is 0 Å². The van der Waals surface area contributed by atoms with E-state index in [4.69, 9.17) is 14.3 Å². The number of hydrogen-bond acceptors (Lipinski definition) is 7. The molecule has 2 aromatic carbocycles. The molecule has 0 aliphatic rings. The SMILES string of the molecule is CCOC(=O)c1ccc(CC(C=O)CCC(=O)NOCc2ccc(OC(C)=O)cc2)cc1. The maximum Gasteiger partial charge on any atom is 0.338 e. The molecule has 0 spiro atoms. The van der Waals surface area contributed by atoms with Crippen LogP contribution < -0.4 is 10.2 Å². The van der Waals surface area contributed by atoms with Gasteiger partial charge in [0.1, 0.15) is 12.0 Å². The van der Waals surface area contributed by atoms with E-state index in [1.165, 1.54) is 6.92 Å². The van der Waals surface area contributed by atoms with Gasteiger partial charge in [-0.1, -0.05) is 24.3 Å². The molecule has 0 radical (unpaired) electrons. The highest BCUT2D eigenvalue weighted by atomic mass is 16.6. The van der Waals surface area contributed by atoms with Crippen LogP contribution in [0.4, 0.5) is 0 Å². The average molecular weight is 441 g/mol. The van der Waals surface area contributed by atoms with Gasteiger partial charge in [0.2, 0.25) is 5.91 Å². The third-order valence-electron chi connectivity index (χ3n) is 4.51. The number of benzene rings is 2. The number of carbonyl (C=O) groups is 4. The highest BCUT2D eigenvalue weighted by Crippen LogP contribution is 2.15. The van der Waals surface area contributed by atoms with Crippen molar-refractivity contribution in [3.8, 4) is 5.75 Å². The number of nitrogens with one attached hydrogen (secondary N) is 1. The molecule has 8 nitrogen and oxygen atoms in total. The third-order valence-corrected chi connectivity index (χ3v) is 4.51. The zero-order valence-electron chi connectivity index (χ0n) is 18.2. The van der Waals surface area contributed by atoms with E-state index in [1.807, 2.05) is 0 Å². The molecule has 0 fully saturated rings. The first-order valence-corrected chi connectivity index (χ1v) is 10.3. The molecule has 8 heteroatoms. The number of hydrogen-bond donors (Lipinski definition) is 1. The van der Waals surface area contributed by atoms with Crippen LogP contribution in [0, 0.1) is 5.92 Å². The molecule has 170 valence electrons. The first-order valence-electron chi connectivity index (χ1n) is 10.3. The minimum Gasteiger partial charge on any atom is -0.462 e. The number of hydroxylamine groups is 1. The van der Waals surface area contributed by atoms with Crippen molar-refractivity contribution >= 4 is 24.1 Å². The van der Waals surface area contributed by atoms with Crippen LogP contribution in [0.25, 0.3) is 0 Å². The summed E-state index contributed by atoms with van der Waals surface area (Å²) in [7, 11) is 0. The topological polar surface area (TPSA) is 108 Å². The van der Waals surface area contributed by atoms with Crippen molar-refractivity contribution in [2.75, 3.05) is 6.61 Å². The summed E-state index contributed by atoms with van der Waals surface area (Å²) in [6, 6.07) is 13.6. The second-order valence-corrected chi connectivity index (χ2v) is 7.11. The lowest BCUT2D eigenvalue weighted by Gasteiger charge is -2.11. The Morgan fingerprint density at radius 3 is 2.25 bits per heavy atom. The molecule has 32 heavy (non-hydrogen) atoms. The first kappa shape index (κ1) is 24.7. The molecule has 2 aromatic rings. The van der Waals surface area contributed by atoms with Gasteiger partial charge in [-0.25, -0.2) is 10.3 Å². The van der Waals surface area contributed by atoms with Crippen LogP contribution in [0.3, 0.4) is 0 Å². The van der Waals surface area contributed by atoms with Gasteiger partial charge in [-0.05, 0) is 55.2 Å². The lowest BCUT2D eigenvalue weighted by Crippen LogP contribution is -2.24. The van der Waals surface area contributed by atoms with E-state index < -0.39 is 5.97 Å². The van der Waals surface area contributed by atoms with Crippen LogP contribution in [0.15, 0.2) is 48.5 Å². The smallest absolute Gasteiger partial charge is 0.338 e. The summed E-state index contributed by atoms with van der Waals surface area (Å²) in [4.78, 5) is 51.2. The van der Waals surface area contributed by atoms with Gasteiger partial charge in [0, 0.05) is 19.3 Å². The highest BCUT2D eigenvalue weighted by molar-refractivity contribution is 5.89. The summed E-state index contributed by atoms with van der Waals surface area (Å²) >= 11 is 0. The Kier molecular flexibility index (Phi) is 10.1. The molecule has 2 rings (SSSR count). The molecule has 0 heterocycles. The fourth-order valence-corrected chi connectivity index (χ4v) is 2.90. The quantitative estimate of drug-likeness (QED) is 0.233. The van der Waals surface area contributed by atoms with Crippen LogP contribution in [-0.2, 0) is 37.0 Å². The van der Waals surface area contributed by atoms with Crippen LogP contribution >= 0.6 is 0 Å². The molecular formula is C24H27NO7. The second kappa shape index (κ2) is 13.0. The van der Waals surface area contributed by atoms with Crippen molar-refractivity contribution in [3.63, 3.8) is 0 Å². The molecule has 0 saturated heterocycles. The Balaban J connectivity index is 1.72. The number of carbonyl (C=O) groups excluding carboxylic acids is 4. The maximum absolute atomic E-state index is 12.0. The first-order chi connectivity index (χ1) is 15.4. The van der Waals surface area contributed by atoms with Crippen LogP contribution in [0.5, 0.6) is 5.75 Å². The molecule has 0 saturated carbocycles. The summed E-state index contributed by atoms with van der Waals surface area (Å²) in [6.45, 7) is 3.52. The fraction of sp³-hybridized carbons (Fsp3) is 0.333. The molecule has 1 N–H and O–H groups in total. The molecule has 0 aliphatic carbocycles. The van der Waals surface area contributed by atoms with Crippen LogP contribution in [0.1, 0.15) is 48.2 Å². The van der Waals surface area contributed by atoms with Gasteiger partial charge in [-0.3, -0.25) is 14.4 Å². The van der Waals surface area contributed by atoms with E-state index in [2.05, 4.69) is 5.48 Å². The molecular weight excluding hydrogens is 414 g/mol. The molecule has 1 amide bonds. The van der Waals surface area contributed by atoms with Crippen molar-refractivity contribution in [3.05, 3.63) is 65.2 Å². The van der Waals surface area contributed by atoms with Gasteiger partial charge >= 0.3 is 11.9 Å². The van der Waals surface area contributed by atoms with Gasteiger partial charge in [0.25, 0.3) is 0 Å². The number of esters is 2. The number of amides is 1. The predicted octanol–water partition coefficient (Wildman–Crippen LogP) is 3.17. The minimum absolute atomic E-state index is 0.135. The van der Waals surface area contributed by atoms with Crippen LogP contribution in [0.2, 0.25) is 0 Å². The number of aldehydes is 1. The predicted molar refractivity (Wildman–Crippen MR) is 116 cm³/mol. The van der Waals surface area contributed by atoms with Crippen molar-refractivity contribution in [2.45, 2.75) is 39.7 Å². The molecule has 0 aromatic heterocycles. The van der Waals surface area contributed by atoms with Gasteiger partial charge in [0.15, 0.2) is 0 Å². The lowest BCUT2D eigenvalue weighted by molar-refractivity contribution is -0.135. The zero-order chi connectivity index (χ0) is 23.3. The highest BCUT2D eigenvalue weighted by Gasteiger charge is 2.13. The Bertz CT molecular complexity index is 907. The molecule has 1 unspecified atom stereocenters. The van der Waals surface area contributed by atoms with E-state index >= 15 is 0 Å². The summed E-state index contributed by atoms with van der Waals surface area (Å²) in [5.74, 6) is -1.01. The van der Waals surface area contributed by atoms with Gasteiger partial charge < -0.3 is 14.3 Å². The Labute approximate surface area is 186 Å². The van der Waals surface area contributed by atoms with Gasteiger partial charge in [-0.15, -0.1) is 0 Å². The minimum atomic E-state index is -0.399. The van der Waals surface area contributed by atoms with Gasteiger partial charge in [-0.2, -0.15) is 0 Å². The molecule has 0 bridgehead atoms. The Morgan fingerprint density at radius 1 is 1.00 bits per heavy atom. The third kappa shape index (κ3) is 8.69. The summed E-state index contributed by atoms with van der Waals surface area (Å²) in [6.07, 6.45) is 1.80. The largest absolute Gasteiger partial charge is 0.462 e. The van der Waals surface area contributed by atoms with Crippen molar-refractivity contribution in [2.24, 2.45) is 5.92 Å². The average Bonchev–Trinajstić information content (AvgIpc) is 2.78. The van der Waals surface area contributed by atoms with E-state index in [-0.39, 0.29) is 30.8 Å². The zero-order valence-corrected chi connectivity index (χ0v) is 18.2. The lowest BCUT2D eigenvalue weighted by atomic mass is 9.95. The molecule has 0 aliphatic heterocycles. The summed E-state index contributed by atoms with van der Waals surface area (Å²) < 4.78 is 9.89. The normalized spacial score (nSPS) is 11.3.